The molecule has 2 aromatic rings. The predicted molar refractivity (Wildman–Crippen MR) is 122 cm³/mol. The van der Waals surface area contributed by atoms with Gasteiger partial charge < -0.3 is 11.1 Å². The van der Waals surface area contributed by atoms with E-state index in [0.717, 1.165) is 48.5 Å². The van der Waals surface area contributed by atoms with Crippen LogP contribution in [0.15, 0.2) is 52.4 Å². The van der Waals surface area contributed by atoms with Crippen LogP contribution in [0.4, 0.5) is 10.5 Å². The number of terminal acetylenes is 1. The van der Waals surface area contributed by atoms with Crippen LogP contribution in [0.25, 0.3) is 10.8 Å². The van der Waals surface area contributed by atoms with Gasteiger partial charge in [-0.15, -0.1) is 6.42 Å². The number of thioether (sulfide) groups is 1. The highest BCUT2D eigenvalue weighted by atomic mass is 32.2. The minimum absolute atomic E-state index is 0.177. The molecule has 1 fully saturated rings. The molecule has 3 N–H and O–H groups in total. The monoisotopic (exact) mass is 404 g/mol. The lowest BCUT2D eigenvalue weighted by atomic mass is 9.95. The minimum atomic E-state index is -0.177. The minimum Gasteiger partial charge on any atom is -0.398 e. The second kappa shape index (κ2) is 8.73. The average molecular weight is 405 g/mol. The number of nitrogens with zero attached hydrogens (tertiary/aromatic N) is 2. The van der Waals surface area contributed by atoms with Crippen LogP contribution >= 0.6 is 11.8 Å². The Balaban J connectivity index is 1.39. The summed E-state index contributed by atoms with van der Waals surface area (Å²) in [4.78, 5) is 19.1. The van der Waals surface area contributed by atoms with Crippen molar-refractivity contribution in [2.24, 2.45) is 10.9 Å². The molecule has 1 amide bonds. The van der Waals surface area contributed by atoms with E-state index in [1.165, 1.54) is 22.7 Å². The number of nitrogens with one attached hydrogen (secondary N) is 1. The highest BCUT2D eigenvalue weighted by Gasteiger charge is 2.25. The molecule has 0 radical (unpaired) electrons. The number of hydrogen-bond donors (Lipinski definition) is 2. The van der Waals surface area contributed by atoms with Crippen molar-refractivity contribution in [2.45, 2.75) is 19.4 Å². The number of amides is 1. The molecule has 148 valence electrons. The van der Waals surface area contributed by atoms with Gasteiger partial charge in [-0.25, -0.2) is 0 Å². The van der Waals surface area contributed by atoms with Crippen LogP contribution in [0.3, 0.4) is 0 Å². The summed E-state index contributed by atoms with van der Waals surface area (Å²) in [5, 5.41) is 5.23. The maximum absolute atomic E-state index is 11.7. The van der Waals surface area contributed by atoms with E-state index in [0.29, 0.717) is 18.3 Å². The number of rotatable bonds is 4. The number of fused-ring (bicyclic) bond motifs is 1. The number of piperidine rings is 1. The molecule has 0 spiro atoms. The third-order valence-electron chi connectivity index (χ3n) is 5.45. The van der Waals surface area contributed by atoms with E-state index in [9.17, 15) is 4.79 Å². The van der Waals surface area contributed by atoms with Gasteiger partial charge in [-0.3, -0.25) is 9.69 Å². The van der Waals surface area contributed by atoms with E-state index < -0.39 is 0 Å². The summed E-state index contributed by atoms with van der Waals surface area (Å²) in [5.41, 5.74) is 8.28. The van der Waals surface area contributed by atoms with Gasteiger partial charge in [0.1, 0.15) is 5.84 Å². The summed E-state index contributed by atoms with van der Waals surface area (Å²) in [5.74, 6) is 3.59. The lowest BCUT2D eigenvalue weighted by molar-refractivity contribution is 0.196. The van der Waals surface area contributed by atoms with Crippen molar-refractivity contribution in [2.75, 3.05) is 25.4 Å². The Morgan fingerprint density at radius 2 is 2.00 bits per heavy atom. The quantitative estimate of drug-likeness (QED) is 0.595. The Kier molecular flexibility index (Phi) is 5.89. The summed E-state index contributed by atoms with van der Waals surface area (Å²) in [6, 6.07) is 12.5. The summed E-state index contributed by atoms with van der Waals surface area (Å²) in [6.45, 7) is 3.35. The number of nitrogens with two attached hydrogens (primary N) is 1. The molecule has 2 heterocycles. The third kappa shape index (κ3) is 4.47. The molecule has 0 atom stereocenters. The van der Waals surface area contributed by atoms with Crippen LogP contribution in [0.5, 0.6) is 0 Å². The Morgan fingerprint density at radius 3 is 2.76 bits per heavy atom. The Hall–Kier alpha value is -2.75. The van der Waals surface area contributed by atoms with E-state index >= 15 is 0 Å². The number of benzene rings is 2. The topological polar surface area (TPSA) is 70.7 Å². The van der Waals surface area contributed by atoms with Crippen molar-refractivity contribution < 1.29 is 4.79 Å². The van der Waals surface area contributed by atoms with E-state index in [1.807, 2.05) is 12.1 Å². The molecule has 1 saturated heterocycles. The molecule has 0 bridgehead atoms. The first kappa shape index (κ1) is 19.6. The fourth-order valence-electron chi connectivity index (χ4n) is 3.94. The molecule has 0 aliphatic carbocycles. The number of aliphatic imine (C=N–C) groups is 1. The number of amidine groups is 1. The number of nitrogen functional groups attached to an aromatic ring is 1. The molecule has 5 nitrogen and oxygen atoms in total. The van der Waals surface area contributed by atoms with Gasteiger partial charge in [0, 0.05) is 17.6 Å². The Morgan fingerprint density at radius 1 is 1.24 bits per heavy atom. The van der Waals surface area contributed by atoms with Gasteiger partial charge >= 0.3 is 5.24 Å². The molecule has 2 aliphatic rings. The average Bonchev–Trinajstić information content (AvgIpc) is 3.09. The van der Waals surface area contributed by atoms with Crippen molar-refractivity contribution in [3.05, 3.63) is 52.9 Å². The van der Waals surface area contributed by atoms with Gasteiger partial charge in [-0.2, -0.15) is 4.99 Å². The number of carbonyl (C=O) groups is 1. The molecular weight excluding hydrogens is 380 g/mol. The van der Waals surface area contributed by atoms with Crippen LogP contribution < -0.4 is 11.1 Å². The van der Waals surface area contributed by atoms with Gasteiger partial charge in [0.25, 0.3) is 0 Å². The van der Waals surface area contributed by atoms with E-state index in [-0.39, 0.29) is 5.24 Å². The van der Waals surface area contributed by atoms with Crippen molar-refractivity contribution in [1.82, 2.24) is 10.2 Å². The molecule has 2 aliphatic heterocycles. The van der Waals surface area contributed by atoms with E-state index in [2.05, 4.69) is 51.5 Å². The van der Waals surface area contributed by atoms with Crippen molar-refractivity contribution in [3.63, 3.8) is 0 Å². The van der Waals surface area contributed by atoms with Crippen LogP contribution in [-0.2, 0) is 6.54 Å². The Labute approximate surface area is 175 Å². The molecular formula is C23H24N4OS. The molecule has 2 aromatic carbocycles. The highest BCUT2D eigenvalue weighted by molar-refractivity contribution is 8.18. The zero-order valence-electron chi connectivity index (χ0n) is 16.2. The molecule has 6 heteroatoms. The first-order valence-corrected chi connectivity index (χ1v) is 10.6. The zero-order valence-corrected chi connectivity index (χ0v) is 17.0. The van der Waals surface area contributed by atoms with Crippen LogP contribution in [0.2, 0.25) is 0 Å². The summed E-state index contributed by atoms with van der Waals surface area (Å²) >= 11 is 1.19. The van der Waals surface area contributed by atoms with Crippen molar-refractivity contribution in [1.29, 1.82) is 0 Å². The number of carbonyl (C=O) groups excluding carboxylic acids is 1. The van der Waals surface area contributed by atoms with Gasteiger partial charge in [0.2, 0.25) is 0 Å². The summed E-state index contributed by atoms with van der Waals surface area (Å²) < 4.78 is 0. The summed E-state index contributed by atoms with van der Waals surface area (Å²) in [6.07, 6.45) is 9.62. The number of allylic oxidation sites excluding steroid dienone is 1. The van der Waals surface area contributed by atoms with Crippen molar-refractivity contribution >= 4 is 39.3 Å². The van der Waals surface area contributed by atoms with E-state index in [4.69, 9.17) is 12.2 Å². The standard InChI is InChI=1S/C23H24N4OS/c1-2-11-25-22-21(29-23(28)26-22)14-16-9-12-27(13-10-16)15-17-7-8-20(24)19-6-4-3-5-18(17)19/h1,3-8,14,16H,9-13,15,24H2,(H,25,26,28)/b21-14-. The van der Waals surface area contributed by atoms with Gasteiger partial charge in [0.05, 0.1) is 11.4 Å². The van der Waals surface area contributed by atoms with E-state index in [1.54, 1.807) is 0 Å². The number of hydrogen-bond acceptors (Lipinski definition) is 5. The fraction of sp³-hybridized carbons (Fsp3) is 0.304. The van der Waals surface area contributed by atoms with Gasteiger partial charge in [-0.05, 0) is 60.6 Å². The molecule has 4 rings (SSSR count). The SMILES string of the molecule is C#CCNC1=NC(=O)S/C1=C\C1CCN(Cc2ccc(N)c3ccccc23)CC1. The van der Waals surface area contributed by atoms with Crippen LogP contribution in [-0.4, -0.2) is 35.6 Å². The third-order valence-corrected chi connectivity index (χ3v) is 6.27. The zero-order chi connectivity index (χ0) is 20.2. The normalized spacial score (nSPS) is 19.5. The summed E-state index contributed by atoms with van der Waals surface area (Å²) in [7, 11) is 0. The van der Waals surface area contributed by atoms with Crippen LogP contribution in [0.1, 0.15) is 18.4 Å². The van der Waals surface area contributed by atoms with Gasteiger partial charge in [-0.1, -0.05) is 42.3 Å². The predicted octanol–water partition coefficient (Wildman–Crippen LogP) is 4.01. The smallest absolute Gasteiger partial charge is 0.311 e. The van der Waals surface area contributed by atoms with Gasteiger partial charge in [0.15, 0.2) is 0 Å². The lowest BCUT2D eigenvalue weighted by Gasteiger charge is -2.31. The molecule has 0 unspecified atom stereocenters. The number of anilines is 1. The lowest BCUT2D eigenvalue weighted by Crippen LogP contribution is -2.33. The highest BCUT2D eigenvalue weighted by Crippen LogP contribution is 2.31. The van der Waals surface area contributed by atoms with Crippen LogP contribution in [0, 0.1) is 18.3 Å². The second-order valence-corrected chi connectivity index (χ2v) is 8.38. The fourth-order valence-corrected chi connectivity index (χ4v) is 4.74. The molecule has 29 heavy (non-hydrogen) atoms. The first-order valence-electron chi connectivity index (χ1n) is 9.82. The second-order valence-electron chi connectivity index (χ2n) is 7.39. The molecule has 0 aromatic heterocycles. The molecule has 0 saturated carbocycles. The Bertz CT molecular complexity index is 1030. The van der Waals surface area contributed by atoms with Crippen molar-refractivity contribution in [3.8, 4) is 12.3 Å². The largest absolute Gasteiger partial charge is 0.398 e. The maximum atomic E-state index is 11.7. The first-order chi connectivity index (χ1) is 14.1. The maximum Gasteiger partial charge on any atom is 0.311 e. The number of likely N-dealkylation sites (tertiary alicyclic amines) is 1.